The highest BCUT2D eigenvalue weighted by atomic mass is 35.5. The summed E-state index contributed by atoms with van der Waals surface area (Å²) in [7, 11) is 0. The van der Waals surface area contributed by atoms with Gasteiger partial charge in [0.15, 0.2) is 0 Å². The summed E-state index contributed by atoms with van der Waals surface area (Å²) in [6.07, 6.45) is 6.09. The summed E-state index contributed by atoms with van der Waals surface area (Å²) in [4.78, 5) is 0. The van der Waals surface area contributed by atoms with Gasteiger partial charge in [-0.3, -0.25) is 0 Å². The van der Waals surface area contributed by atoms with E-state index < -0.39 is 0 Å². The Balaban J connectivity index is 1.67. The number of halogens is 1. The molecule has 0 bridgehead atoms. The van der Waals surface area contributed by atoms with Gasteiger partial charge in [0, 0.05) is 5.02 Å². The van der Waals surface area contributed by atoms with Gasteiger partial charge in [0.05, 0.1) is 0 Å². The van der Waals surface area contributed by atoms with Crippen LogP contribution in [-0.4, -0.2) is 13.1 Å². The molecule has 1 N–H and O–H groups in total. The highest BCUT2D eigenvalue weighted by Crippen LogP contribution is 2.27. The number of nitrogens with one attached hydrogen (secondary N) is 1. The third kappa shape index (κ3) is 5.00. The van der Waals surface area contributed by atoms with Crippen molar-refractivity contribution in [3.8, 4) is 0 Å². The molecule has 0 fully saturated rings. The molecule has 2 rings (SSSR count). The molecule has 0 saturated carbocycles. The molecule has 0 radical (unpaired) electrons. The molecular weight excluding hydrogens is 254 g/mol. The van der Waals surface area contributed by atoms with Crippen LogP contribution in [0, 0.1) is 11.8 Å². The molecule has 0 aliphatic heterocycles. The fourth-order valence-corrected chi connectivity index (χ4v) is 3.16. The first-order chi connectivity index (χ1) is 9.13. The minimum absolute atomic E-state index is 0.747. The summed E-state index contributed by atoms with van der Waals surface area (Å²) in [5, 5.41) is 4.41. The van der Waals surface area contributed by atoms with Gasteiger partial charge in [0.2, 0.25) is 0 Å². The Bertz CT molecular complexity index is 421. The summed E-state index contributed by atoms with van der Waals surface area (Å²) in [5.41, 5.74) is 2.91. The first-order valence-electron chi connectivity index (χ1n) is 7.26. The average molecular weight is 278 g/mol. The standard InChI is InChI=1S/C17H24ClN/c1-13-9-14(2)11-16(10-13)12-19-8-7-15-3-5-17(18)6-4-15/h3-6,9,13,16,19H,7-8,10-12H2,1-2H3. The molecule has 1 aromatic rings. The van der Waals surface area contributed by atoms with E-state index in [2.05, 4.69) is 37.4 Å². The summed E-state index contributed by atoms with van der Waals surface area (Å²) in [5.74, 6) is 1.56. The van der Waals surface area contributed by atoms with Crippen molar-refractivity contribution in [2.24, 2.45) is 11.8 Å². The molecule has 1 aliphatic rings. The van der Waals surface area contributed by atoms with E-state index in [1.54, 1.807) is 5.57 Å². The zero-order chi connectivity index (χ0) is 13.7. The Hall–Kier alpha value is -0.790. The maximum absolute atomic E-state index is 5.88. The molecule has 0 saturated heterocycles. The van der Waals surface area contributed by atoms with Crippen molar-refractivity contribution in [1.82, 2.24) is 5.32 Å². The van der Waals surface area contributed by atoms with E-state index in [0.717, 1.165) is 36.4 Å². The van der Waals surface area contributed by atoms with Crippen LogP contribution >= 0.6 is 11.6 Å². The Kier molecular flexibility index (Phi) is 5.47. The van der Waals surface area contributed by atoms with Gasteiger partial charge in [-0.1, -0.05) is 42.3 Å². The number of benzene rings is 1. The van der Waals surface area contributed by atoms with E-state index in [1.165, 1.54) is 18.4 Å². The molecule has 1 aliphatic carbocycles. The Morgan fingerprint density at radius 1 is 1.26 bits per heavy atom. The van der Waals surface area contributed by atoms with Crippen LogP contribution < -0.4 is 5.32 Å². The van der Waals surface area contributed by atoms with Crippen LogP contribution in [0.25, 0.3) is 0 Å². The van der Waals surface area contributed by atoms with E-state index in [-0.39, 0.29) is 0 Å². The third-order valence-electron chi connectivity index (χ3n) is 3.82. The lowest BCUT2D eigenvalue weighted by molar-refractivity contribution is 0.383. The number of hydrogen-bond acceptors (Lipinski definition) is 1. The van der Waals surface area contributed by atoms with Gasteiger partial charge in [-0.2, -0.15) is 0 Å². The SMILES string of the molecule is CC1=CC(C)CC(CNCCc2ccc(Cl)cc2)C1. The molecule has 2 heteroatoms. The second kappa shape index (κ2) is 7.12. The van der Waals surface area contributed by atoms with Gasteiger partial charge >= 0.3 is 0 Å². The largest absolute Gasteiger partial charge is 0.316 e. The Morgan fingerprint density at radius 3 is 2.68 bits per heavy atom. The monoisotopic (exact) mass is 277 g/mol. The molecular formula is C17H24ClN. The van der Waals surface area contributed by atoms with E-state index in [0.29, 0.717) is 0 Å². The van der Waals surface area contributed by atoms with Crippen molar-refractivity contribution in [3.05, 3.63) is 46.5 Å². The maximum atomic E-state index is 5.88. The highest BCUT2D eigenvalue weighted by Gasteiger charge is 2.17. The predicted molar refractivity (Wildman–Crippen MR) is 83.7 cm³/mol. The highest BCUT2D eigenvalue weighted by molar-refractivity contribution is 6.30. The van der Waals surface area contributed by atoms with Crippen LogP contribution in [0.2, 0.25) is 5.02 Å². The lowest BCUT2D eigenvalue weighted by atomic mass is 9.84. The van der Waals surface area contributed by atoms with Crippen LogP contribution in [0.5, 0.6) is 0 Å². The van der Waals surface area contributed by atoms with E-state index in [4.69, 9.17) is 11.6 Å². The fourth-order valence-electron chi connectivity index (χ4n) is 3.03. The maximum Gasteiger partial charge on any atom is 0.0406 e. The van der Waals surface area contributed by atoms with E-state index in [9.17, 15) is 0 Å². The zero-order valence-corrected chi connectivity index (χ0v) is 12.7. The van der Waals surface area contributed by atoms with Crippen LogP contribution in [0.3, 0.4) is 0 Å². The number of rotatable bonds is 5. The molecule has 1 nitrogen and oxygen atoms in total. The molecule has 0 heterocycles. The van der Waals surface area contributed by atoms with Crippen LogP contribution in [0.15, 0.2) is 35.9 Å². The second-order valence-electron chi connectivity index (χ2n) is 5.88. The average Bonchev–Trinajstić information content (AvgIpc) is 2.36. The van der Waals surface area contributed by atoms with Crippen molar-refractivity contribution in [3.63, 3.8) is 0 Å². The third-order valence-corrected chi connectivity index (χ3v) is 4.07. The molecule has 0 amide bonds. The minimum Gasteiger partial charge on any atom is -0.316 e. The molecule has 0 aromatic heterocycles. The molecule has 0 spiro atoms. The fraction of sp³-hybridized carbons (Fsp3) is 0.529. The lowest BCUT2D eigenvalue weighted by Crippen LogP contribution is -2.27. The van der Waals surface area contributed by atoms with Gasteiger partial charge < -0.3 is 5.32 Å². The number of hydrogen-bond donors (Lipinski definition) is 1. The van der Waals surface area contributed by atoms with Crippen molar-refractivity contribution in [2.45, 2.75) is 33.1 Å². The summed E-state index contributed by atoms with van der Waals surface area (Å²) in [6.45, 7) is 6.78. The molecule has 104 valence electrons. The van der Waals surface area contributed by atoms with Gasteiger partial charge in [-0.05, 0) is 68.8 Å². The molecule has 1 aromatic carbocycles. The van der Waals surface area contributed by atoms with Crippen LogP contribution in [0.1, 0.15) is 32.3 Å². The lowest BCUT2D eigenvalue weighted by Gasteiger charge is -2.25. The number of allylic oxidation sites excluding steroid dienone is 2. The smallest absolute Gasteiger partial charge is 0.0406 e. The summed E-state index contributed by atoms with van der Waals surface area (Å²) in [6, 6.07) is 8.15. The van der Waals surface area contributed by atoms with Crippen molar-refractivity contribution in [1.29, 1.82) is 0 Å². The van der Waals surface area contributed by atoms with Gasteiger partial charge in [-0.15, -0.1) is 0 Å². The van der Waals surface area contributed by atoms with Gasteiger partial charge in [0.1, 0.15) is 0 Å². The Labute approximate surface area is 122 Å². The van der Waals surface area contributed by atoms with Gasteiger partial charge in [-0.25, -0.2) is 0 Å². The van der Waals surface area contributed by atoms with Gasteiger partial charge in [0.25, 0.3) is 0 Å². The topological polar surface area (TPSA) is 12.0 Å². The van der Waals surface area contributed by atoms with Crippen molar-refractivity contribution in [2.75, 3.05) is 13.1 Å². The predicted octanol–water partition coefficient (Wildman–Crippen LogP) is 4.46. The minimum atomic E-state index is 0.747. The second-order valence-corrected chi connectivity index (χ2v) is 6.31. The summed E-state index contributed by atoms with van der Waals surface area (Å²) >= 11 is 5.88. The van der Waals surface area contributed by atoms with Crippen LogP contribution in [0.4, 0.5) is 0 Å². The first kappa shape index (κ1) is 14.6. The quantitative estimate of drug-likeness (QED) is 0.619. The molecule has 2 atom stereocenters. The zero-order valence-electron chi connectivity index (χ0n) is 12.0. The van der Waals surface area contributed by atoms with Crippen molar-refractivity contribution >= 4 is 11.6 Å². The molecule has 2 unspecified atom stereocenters. The van der Waals surface area contributed by atoms with E-state index >= 15 is 0 Å². The van der Waals surface area contributed by atoms with Crippen molar-refractivity contribution < 1.29 is 0 Å². The summed E-state index contributed by atoms with van der Waals surface area (Å²) < 4.78 is 0. The first-order valence-corrected chi connectivity index (χ1v) is 7.63. The normalized spacial score (nSPS) is 23.2. The molecule has 19 heavy (non-hydrogen) atoms. The van der Waals surface area contributed by atoms with E-state index in [1.807, 2.05) is 12.1 Å². The van der Waals surface area contributed by atoms with Crippen LogP contribution in [-0.2, 0) is 6.42 Å². The Morgan fingerprint density at radius 2 is 2.00 bits per heavy atom.